The van der Waals surface area contributed by atoms with Crippen LogP contribution in [0.15, 0.2) is 91.0 Å². The van der Waals surface area contributed by atoms with Crippen molar-refractivity contribution >= 4 is 7.91 Å². The summed E-state index contributed by atoms with van der Waals surface area (Å²) in [4.78, 5) is 0. The minimum atomic E-state index is -6.46. The van der Waals surface area contributed by atoms with E-state index in [1.165, 1.54) is 36.4 Å². The molecular formula is C18H15F2O3P. The zero-order valence-electron chi connectivity index (χ0n) is 12.6. The van der Waals surface area contributed by atoms with Gasteiger partial charge in [0.05, 0.1) is 0 Å². The fourth-order valence-corrected chi connectivity index (χ4v) is 3.47. The summed E-state index contributed by atoms with van der Waals surface area (Å²) >= 11 is 0. The Hall–Kier alpha value is -2.65. The van der Waals surface area contributed by atoms with Gasteiger partial charge in [0.15, 0.2) is 0 Å². The van der Waals surface area contributed by atoms with Gasteiger partial charge < -0.3 is 0 Å². The molecule has 0 spiro atoms. The van der Waals surface area contributed by atoms with Crippen molar-refractivity contribution in [2.24, 2.45) is 0 Å². The third-order valence-electron chi connectivity index (χ3n) is 2.98. The number of benzene rings is 3. The molecule has 3 aromatic carbocycles. The Labute approximate surface area is 138 Å². The predicted molar refractivity (Wildman–Crippen MR) is 90.3 cm³/mol. The first-order valence-corrected chi connectivity index (χ1v) is 9.00. The molecule has 0 aromatic heterocycles. The van der Waals surface area contributed by atoms with Crippen LogP contribution in [-0.2, 0) is 0 Å². The van der Waals surface area contributed by atoms with Crippen molar-refractivity contribution in [3.05, 3.63) is 91.0 Å². The van der Waals surface area contributed by atoms with Crippen molar-refractivity contribution in [1.82, 2.24) is 0 Å². The molecule has 0 unspecified atom stereocenters. The topological polar surface area (TPSA) is 27.7 Å². The molecule has 0 atom stereocenters. The summed E-state index contributed by atoms with van der Waals surface area (Å²) in [6, 6.07) is 23.2. The van der Waals surface area contributed by atoms with E-state index in [2.05, 4.69) is 0 Å². The van der Waals surface area contributed by atoms with E-state index >= 15 is 8.39 Å². The molecule has 0 fully saturated rings. The summed E-state index contributed by atoms with van der Waals surface area (Å²) < 4.78 is 45.5. The number of hydrogen-bond donors (Lipinski definition) is 0. The standard InChI is InChI=1S/C18H15F2O3P/c19-24(20,21-16-10-4-1-5-11-16,22-17-12-6-2-7-13-17)23-18-14-8-3-9-15-18/h1-15H. The molecule has 0 saturated heterocycles. The van der Waals surface area contributed by atoms with Crippen LogP contribution in [0.1, 0.15) is 0 Å². The van der Waals surface area contributed by atoms with Gasteiger partial charge in [-0.2, -0.15) is 0 Å². The molecule has 0 heterocycles. The Morgan fingerprint density at radius 1 is 0.458 bits per heavy atom. The second-order valence-electron chi connectivity index (χ2n) is 4.91. The fourth-order valence-electron chi connectivity index (χ4n) is 2.00. The molecule has 0 bridgehead atoms. The number of hydrogen-bond acceptors (Lipinski definition) is 3. The summed E-state index contributed by atoms with van der Waals surface area (Å²) in [6.45, 7) is 0. The average Bonchev–Trinajstić information content (AvgIpc) is 2.56. The van der Waals surface area contributed by atoms with Crippen molar-refractivity contribution in [1.29, 1.82) is 0 Å². The molecule has 24 heavy (non-hydrogen) atoms. The molecule has 6 heteroatoms. The van der Waals surface area contributed by atoms with E-state index in [0.717, 1.165) is 0 Å². The van der Waals surface area contributed by atoms with Crippen LogP contribution in [0.25, 0.3) is 0 Å². The molecule has 0 aliphatic heterocycles. The van der Waals surface area contributed by atoms with Crippen molar-refractivity contribution in [3.8, 4) is 17.2 Å². The molecule has 0 radical (unpaired) electrons. The van der Waals surface area contributed by atoms with E-state index in [0.29, 0.717) is 0 Å². The third kappa shape index (κ3) is 4.21. The van der Waals surface area contributed by atoms with Crippen LogP contribution in [0.3, 0.4) is 0 Å². The molecule has 0 aliphatic rings. The third-order valence-corrected chi connectivity index (χ3v) is 4.47. The van der Waals surface area contributed by atoms with Crippen molar-refractivity contribution < 1.29 is 22.0 Å². The van der Waals surface area contributed by atoms with Crippen LogP contribution in [0.5, 0.6) is 17.2 Å². The van der Waals surface area contributed by atoms with Crippen molar-refractivity contribution in [2.45, 2.75) is 0 Å². The number of halogens is 2. The Bertz CT molecular complexity index is 675. The van der Waals surface area contributed by atoms with Gasteiger partial charge in [-0.3, -0.25) is 0 Å². The summed E-state index contributed by atoms with van der Waals surface area (Å²) in [5.74, 6) is -0.105. The van der Waals surface area contributed by atoms with Crippen LogP contribution in [0, 0.1) is 0 Å². The monoisotopic (exact) mass is 348 g/mol. The van der Waals surface area contributed by atoms with Crippen LogP contribution < -0.4 is 13.6 Å². The predicted octanol–water partition coefficient (Wildman–Crippen LogP) is 6.29. The Kier molecular flexibility index (Phi) is 4.36. The van der Waals surface area contributed by atoms with Crippen LogP contribution in [0.4, 0.5) is 8.39 Å². The summed E-state index contributed by atoms with van der Waals surface area (Å²) in [5.41, 5.74) is 0. The SMILES string of the molecule is FP(F)(Oc1ccccc1)(Oc1ccccc1)Oc1ccccc1. The van der Waals surface area contributed by atoms with E-state index in [9.17, 15) is 0 Å². The van der Waals surface area contributed by atoms with Crippen LogP contribution in [-0.4, -0.2) is 0 Å². The molecule has 0 N–H and O–H groups in total. The van der Waals surface area contributed by atoms with Crippen LogP contribution in [0.2, 0.25) is 0 Å². The summed E-state index contributed by atoms with van der Waals surface area (Å²) in [7, 11) is -6.46. The van der Waals surface area contributed by atoms with Gasteiger partial charge in [0, 0.05) is 0 Å². The zero-order chi connectivity index (χ0) is 16.9. The maximum absolute atomic E-state index is 15.3. The molecule has 124 valence electrons. The number of para-hydroxylation sites is 3. The minimum absolute atomic E-state index is 0.0352. The number of rotatable bonds is 6. The quantitative estimate of drug-likeness (QED) is 0.490. The average molecular weight is 348 g/mol. The van der Waals surface area contributed by atoms with Crippen LogP contribution >= 0.6 is 7.91 Å². The first-order chi connectivity index (χ1) is 11.5. The molecule has 0 amide bonds. The van der Waals surface area contributed by atoms with Gasteiger partial charge in [0.2, 0.25) is 0 Å². The van der Waals surface area contributed by atoms with Gasteiger partial charge in [-0.25, -0.2) is 0 Å². The van der Waals surface area contributed by atoms with Gasteiger partial charge in [0.25, 0.3) is 0 Å². The molecule has 3 aromatic rings. The van der Waals surface area contributed by atoms with Gasteiger partial charge in [-0.15, -0.1) is 0 Å². The summed E-state index contributed by atoms with van der Waals surface area (Å²) in [6.07, 6.45) is 0. The van der Waals surface area contributed by atoms with E-state index in [-0.39, 0.29) is 17.2 Å². The Balaban J connectivity index is 1.95. The van der Waals surface area contributed by atoms with E-state index < -0.39 is 7.91 Å². The first-order valence-electron chi connectivity index (χ1n) is 7.23. The molecule has 0 aliphatic carbocycles. The molecule has 3 rings (SSSR count). The van der Waals surface area contributed by atoms with E-state index in [4.69, 9.17) is 13.6 Å². The van der Waals surface area contributed by atoms with Gasteiger partial charge in [0.1, 0.15) is 0 Å². The Morgan fingerprint density at radius 3 is 0.958 bits per heavy atom. The molecular weight excluding hydrogens is 333 g/mol. The molecule has 3 nitrogen and oxygen atoms in total. The van der Waals surface area contributed by atoms with Gasteiger partial charge >= 0.3 is 138 Å². The maximum atomic E-state index is 15.3. The Morgan fingerprint density at radius 2 is 0.708 bits per heavy atom. The van der Waals surface area contributed by atoms with E-state index in [1.807, 2.05) is 0 Å². The van der Waals surface area contributed by atoms with Gasteiger partial charge in [-0.1, -0.05) is 0 Å². The van der Waals surface area contributed by atoms with Gasteiger partial charge in [-0.05, 0) is 0 Å². The van der Waals surface area contributed by atoms with Crippen molar-refractivity contribution in [2.75, 3.05) is 0 Å². The normalized spacial score (nSPS) is 12.7. The first kappa shape index (κ1) is 16.2. The van der Waals surface area contributed by atoms with Crippen molar-refractivity contribution in [3.63, 3.8) is 0 Å². The zero-order valence-corrected chi connectivity index (χ0v) is 13.5. The second-order valence-corrected chi connectivity index (χ2v) is 6.87. The molecule has 0 saturated carbocycles. The van der Waals surface area contributed by atoms with E-state index in [1.54, 1.807) is 54.6 Å². The fraction of sp³-hybridized carbons (Fsp3) is 0. The second kappa shape index (κ2) is 6.46. The summed E-state index contributed by atoms with van der Waals surface area (Å²) in [5, 5.41) is 0.